The fourth-order valence-corrected chi connectivity index (χ4v) is 5.41. The largest absolute Gasteiger partial charge is 0.393 e. The lowest BCUT2D eigenvalue weighted by molar-refractivity contribution is -0.148. The summed E-state index contributed by atoms with van der Waals surface area (Å²) in [6.07, 6.45) is 3.33. The van der Waals surface area contributed by atoms with Crippen molar-refractivity contribution < 1.29 is 14.6 Å². The Hall–Kier alpha value is -0.410. The van der Waals surface area contributed by atoms with Crippen LogP contribution in [0.25, 0.3) is 0 Å². The molecule has 0 aromatic rings. The average Bonchev–Trinajstić information content (AvgIpc) is 2.71. The van der Waals surface area contributed by atoms with E-state index in [2.05, 4.69) is 20.8 Å². The molecule has 0 radical (unpaired) electrons. The molecule has 0 spiro atoms. The molecule has 1 saturated heterocycles. The number of rotatable bonds is 3. The molecule has 3 fully saturated rings. The second kappa shape index (κ2) is 3.80. The number of aldehydes is 1. The minimum absolute atomic E-state index is 0.00336. The number of aliphatic hydroxyl groups excluding tert-OH is 1. The highest BCUT2D eigenvalue weighted by Crippen LogP contribution is 2.70. The molecular weight excluding hydrogens is 228 g/mol. The standard InChI is InChI=1S/C15H24O3/c1-9(2)10-4-5-14(3)12-7-18-15(14,8-17)11(6-16)13(10)12/h6,9-13,17H,4-5,7-8H2,1-3H3/t10-,11-,12+,13+,14-,15+/m1/s1. The van der Waals surface area contributed by atoms with E-state index in [0.717, 1.165) is 19.3 Å². The first kappa shape index (κ1) is 12.6. The van der Waals surface area contributed by atoms with Crippen molar-refractivity contribution >= 4 is 6.29 Å². The highest BCUT2D eigenvalue weighted by Gasteiger charge is 2.74. The molecule has 0 aromatic heterocycles. The fraction of sp³-hybridized carbons (Fsp3) is 0.933. The molecule has 2 saturated carbocycles. The van der Waals surface area contributed by atoms with Crippen LogP contribution >= 0.6 is 0 Å². The second-order valence-electron chi connectivity index (χ2n) is 7.07. The number of carbonyl (C=O) groups is 1. The van der Waals surface area contributed by atoms with Gasteiger partial charge >= 0.3 is 0 Å². The summed E-state index contributed by atoms with van der Waals surface area (Å²) in [5, 5.41) is 9.90. The topological polar surface area (TPSA) is 46.5 Å². The van der Waals surface area contributed by atoms with Crippen molar-refractivity contribution in [3.8, 4) is 0 Å². The fourth-order valence-electron chi connectivity index (χ4n) is 5.41. The average molecular weight is 252 g/mol. The van der Waals surface area contributed by atoms with Gasteiger partial charge in [-0.3, -0.25) is 0 Å². The van der Waals surface area contributed by atoms with E-state index < -0.39 is 5.60 Å². The smallest absolute Gasteiger partial charge is 0.126 e. The van der Waals surface area contributed by atoms with Crippen LogP contribution in [-0.2, 0) is 9.53 Å². The Labute approximate surface area is 109 Å². The first-order chi connectivity index (χ1) is 8.52. The van der Waals surface area contributed by atoms with Crippen molar-refractivity contribution in [1.82, 2.24) is 0 Å². The Kier molecular flexibility index (Phi) is 2.66. The van der Waals surface area contributed by atoms with E-state index in [0.29, 0.717) is 23.7 Å². The number of ether oxygens (including phenoxy) is 1. The third-order valence-electron chi connectivity index (χ3n) is 6.45. The molecule has 2 aliphatic carbocycles. The number of carbonyl (C=O) groups excluding carboxylic acids is 1. The van der Waals surface area contributed by atoms with E-state index in [-0.39, 0.29) is 17.9 Å². The molecule has 4 bridgehead atoms. The van der Waals surface area contributed by atoms with Crippen molar-refractivity contribution in [1.29, 1.82) is 0 Å². The monoisotopic (exact) mass is 252 g/mol. The molecule has 0 amide bonds. The van der Waals surface area contributed by atoms with Crippen molar-refractivity contribution in [3.05, 3.63) is 0 Å². The van der Waals surface area contributed by atoms with E-state index in [1.165, 1.54) is 6.42 Å². The van der Waals surface area contributed by atoms with Crippen LogP contribution in [0.2, 0.25) is 0 Å². The maximum absolute atomic E-state index is 11.6. The van der Waals surface area contributed by atoms with Crippen LogP contribution in [0.3, 0.4) is 0 Å². The van der Waals surface area contributed by atoms with E-state index in [1.54, 1.807) is 0 Å². The molecule has 6 atom stereocenters. The lowest BCUT2D eigenvalue weighted by atomic mass is 9.61. The highest BCUT2D eigenvalue weighted by molar-refractivity contribution is 5.60. The summed E-state index contributed by atoms with van der Waals surface area (Å²) in [4.78, 5) is 11.6. The van der Waals surface area contributed by atoms with Gasteiger partial charge in [0.05, 0.1) is 13.2 Å². The van der Waals surface area contributed by atoms with Crippen LogP contribution in [0.4, 0.5) is 0 Å². The Morgan fingerprint density at radius 3 is 2.78 bits per heavy atom. The van der Waals surface area contributed by atoms with Gasteiger partial charge in [0.25, 0.3) is 0 Å². The number of aliphatic hydroxyl groups is 1. The third-order valence-corrected chi connectivity index (χ3v) is 6.45. The Morgan fingerprint density at radius 1 is 1.50 bits per heavy atom. The molecule has 1 N–H and O–H groups in total. The molecule has 1 heterocycles. The van der Waals surface area contributed by atoms with Gasteiger partial charge in [0.15, 0.2) is 0 Å². The SMILES string of the molecule is CC(C)[C@H]1CC[C@]2(C)[C@H]3CO[C@@]2(CO)[C@H](C=O)[C@H]13. The van der Waals surface area contributed by atoms with Crippen LogP contribution in [0.15, 0.2) is 0 Å². The summed E-state index contributed by atoms with van der Waals surface area (Å²) in [5.41, 5.74) is -0.586. The van der Waals surface area contributed by atoms with Crippen LogP contribution in [-0.4, -0.2) is 30.2 Å². The van der Waals surface area contributed by atoms with Gasteiger partial charge < -0.3 is 14.6 Å². The summed E-state index contributed by atoms with van der Waals surface area (Å²) in [6.45, 7) is 7.47. The van der Waals surface area contributed by atoms with E-state index >= 15 is 0 Å². The minimum atomic E-state index is -0.590. The summed E-state index contributed by atoms with van der Waals surface area (Å²) in [6, 6.07) is 0. The molecule has 0 unspecified atom stereocenters. The van der Waals surface area contributed by atoms with E-state index in [4.69, 9.17) is 4.74 Å². The van der Waals surface area contributed by atoms with Gasteiger partial charge in [-0.15, -0.1) is 0 Å². The molecule has 18 heavy (non-hydrogen) atoms. The Morgan fingerprint density at radius 2 is 2.22 bits per heavy atom. The quantitative estimate of drug-likeness (QED) is 0.780. The second-order valence-corrected chi connectivity index (χ2v) is 7.07. The molecular formula is C15H24O3. The van der Waals surface area contributed by atoms with Gasteiger partial charge in [0, 0.05) is 11.3 Å². The van der Waals surface area contributed by atoms with Crippen LogP contribution in [0.5, 0.6) is 0 Å². The lowest BCUT2D eigenvalue weighted by Crippen LogP contribution is -2.50. The van der Waals surface area contributed by atoms with Crippen LogP contribution < -0.4 is 0 Å². The van der Waals surface area contributed by atoms with Gasteiger partial charge in [-0.05, 0) is 36.5 Å². The molecule has 102 valence electrons. The molecule has 3 nitrogen and oxygen atoms in total. The molecule has 1 aliphatic heterocycles. The zero-order chi connectivity index (χ0) is 13.1. The third kappa shape index (κ3) is 1.16. The van der Waals surface area contributed by atoms with E-state index in [1.807, 2.05) is 0 Å². The summed E-state index contributed by atoms with van der Waals surface area (Å²) >= 11 is 0. The van der Waals surface area contributed by atoms with E-state index in [9.17, 15) is 9.90 Å². The van der Waals surface area contributed by atoms with Gasteiger partial charge in [0.1, 0.15) is 11.9 Å². The van der Waals surface area contributed by atoms with Gasteiger partial charge in [-0.25, -0.2) is 0 Å². The maximum atomic E-state index is 11.6. The van der Waals surface area contributed by atoms with Crippen molar-refractivity contribution in [2.45, 2.75) is 39.2 Å². The highest BCUT2D eigenvalue weighted by atomic mass is 16.5. The predicted octanol–water partition coefficient (Wildman–Crippen LogP) is 1.88. The van der Waals surface area contributed by atoms with Crippen LogP contribution in [0.1, 0.15) is 33.6 Å². The van der Waals surface area contributed by atoms with Crippen molar-refractivity contribution in [2.75, 3.05) is 13.2 Å². The molecule has 0 aromatic carbocycles. The molecule has 3 aliphatic rings. The van der Waals surface area contributed by atoms with Crippen LogP contribution in [0, 0.1) is 35.0 Å². The van der Waals surface area contributed by atoms with Gasteiger partial charge in [-0.2, -0.15) is 0 Å². The van der Waals surface area contributed by atoms with Crippen molar-refractivity contribution in [2.24, 2.45) is 35.0 Å². The minimum Gasteiger partial charge on any atom is -0.393 e. The first-order valence-corrected chi connectivity index (χ1v) is 7.22. The molecule has 3 heteroatoms. The maximum Gasteiger partial charge on any atom is 0.126 e. The summed E-state index contributed by atoms with van der Waals surface area (Å²) in [5.74, 6) is 1.98. The normalized spacial score (nSPS) is 54.1. The summed E-state index contributed by atoms with van der Waals surface area (Å²) in [7, 11) is 0. The zero-order valence-corrected chi connectivity index (χ0v) is 11.6. The lowest BCUT2D eigenvalue weighted by Gasteiger charge is -2.42. The van der Waals surface area contributed by atoms with Gasteiger partial charge in [0.2, 0.25) is 0 Å². The number of hydrogen-bond acceptors (Lipinski definition) is 3. The Balaban J connectivity index is 2.08. The first-order valence-electron chi connectivity index (χ1n) is 7.22. The predicted molar refractivity (Wildman–Crippen MR) is 68.0 cm³/mol. The summed E-state index contributed by atoms with van der Waals surface area (Å²) < 4.78 is 5.96. The van der Waals surface area contributed by atoms with Crippen molar-refractivity contribution in [3.63, 3.8) is 0 Å². The van der Waals surface area contributed by atoms with Gasteiger partial charge in [-0.1, -0.05) is 20.8 Å². The zero-order valence-electron chi connectivity index (χ0n) is 11.6. The number of hydrogen-bond donors (Lipinski definition) is 1. The molecule has 3 rings (SSSR count). The Bertz CT molecular complexity index is 367.